The standard InChI is InChI=1S/C19H19FN2O2/c20-15-5-7-16(8-6-15)21-9-11-22(12-10-21)19(23)18-13-14-3-1-2-4-17(14)24-18/h1-8,18H,9-13H2. The lowest BCUT2D eigenvalue weighted by molar-refractivity contribution is -0.138. The molecule has 0 saturated carbocycles. The molecular formula is C19H19FN2O2. The Morgan fingerprint density at radius 1 is 1.00 bits per heavy atom. The van der Waals surface area contributed by atoms with E-state index >= 15 is 0 Å². The molecule has 124 valence electrons. The maximum absolute atomic E-state index is 13.0. The van der Waals surface area contributed by atoms with Gasteiger partial charge >= 0.3 is 0 Å². The molecule has 2 aliphatic rings. The summed E-state index contributed by atoms with van der Waals surface area (Å²) in [7, 11) is 0. The molecule has 2 heterocycles. The minimum absolute atomic E-state index is 0.0601. The Bertz CT molecular complexity index is 714. The first-order valence-corrected chi connectivity index (χ1v) is 8.24. The Morgan fingerprint density at radius 3 is 2.42 bits per heavy atom. The third kappa shape index (κ3) is 2.82. The van der Waals surface area contributed by atoms with Crippen molar-refractivity contribution in [3.05, 3.63) is 59.9 Å². The molecule has 0 aromatic heterocycles. The van der Waals surface area contributed by atoms with Gasteiger partial charge in [-0.25, -0.2) is 4.39 Å². The number of ether oxygens (including phenoxy) is 1. The number of hydrogen-bond donors (Lipinski definition) is 0. The molecule has 1 amide bonds. The van der Waals surface area contributed by atoms with E-state index in [1.54, 1.807) is 12.1 Å². The Hall–Kier alpha value is -2.56. The first-order chi connectivity index (χ1) is 11.7. The van der Waals surface area contributed by atoms with Crippen LogP contribution >= 0.6 is 0 Å². The van der Waals surface area contributed by atoms with Crippen molar-refractivity contribution < 1.29 is 13.9 Å². The highest BCUT2D eigenvalue weighted by atomic mass is 19.1. The lowest BCUT2D eigenvalue weighted by Gasteiger charge is -2.37. The molecule has 1 saturated heterocycles. The Balaban J connectivity index is 1.36. The molecule has 2 aromatic rings. The van der Waals surface area contributed by atoms with Crippen LogP contribution < -0.4 is 9.64 Å². The van der Waals surface area contributed by atoms with Crippen LogP contribution in [0.15, 0.2) is 48.5 Å². The molecule has 0 aliphatic carbocycles. The quantitative estimate of drug-likeness (QED) is 0.850. The molecule has 0 N–H and O–H groups in total. The van der Waals surface area contributed by atoms with Gasteiger partial charge in [0.25, 0.3) is 5.91 Å². The van der Waals surface area contributed by atoms with Crippen molar-refractivity contribution in [2.24, 2.45) is 0 Å². The van der Waals surface area contributed by atoms with Crippen LogP contribution in [0.1, 0.15) is 5.56 Å². The van der Waals surface area contributed by atoms with Crippen LogP contribution in [0.25, 0.3) is 0 Å². The summed E-state index contributed by atoms with van der Waals surface area (Å²) in [5.74, 6) is 0.649. The molecule has 24 heavy (non-hydrogen) atoms. The third-order valence-electron chi connectivity index (χ3n) is 4.71. The van der Waals surface area contributed by atoms with Gasteiger partial charge in [-0.15, -0.1) is 0 Å². The molecule has 0 radical (unpaired) electrons. The van der Waals surface area contributed by atoms with Crippen LogP contribution in [-0.4, -0.2) is 43.1 Å². The minimum Gasteiger partial charge on any atom is -0.480 e. The molecule has 4 rings (SSSR count). The molecule has 0 bridgehead atoms. The van der Waals surface area contributed by atoms with E-state index in [-0.39, 0.29) is 11.7 Å². The van der Waals surface area contributed by atoms with Gasteiger partial charge < -0.3 is 14.5 Å². The number of carbonyl (C=O) groups is 1. The van der Waals surface area contributed by atoms with E-state index in [2.05, 4.69) is 4.90 Å². The van der Waals surface area contributed by atoms with Crippen molar-refractivity contribution in [3.63, 3.8) is 0 Å². The van der Waals surface area contributed by atoms with Crippen molar-refractivity contribution in [1.82, 2.24) is 4.90 Å². The molecule has 1 unspecified atom stereocenters. The molecule has 0 spiro atoms. The van der Waals surface area contributed by atoms with Crippen molar-refractivity contribution in [2.45, 2.75) is 12.5 Å². The summed E-state index contributed by atoms with van der Waals surface area (Å²) in [5.41, 5.74) is 2.09. The van der Waals surface area contributed by atoms with Crippen LogP contribution in [0.4, 0.5) is 10.1 Å². The van der Waals surface area contributed by atoms with Crippen molar-refractivity contribution in [1.29, 1.82) is 0 Å². The number of halogens is 1. The van der Waals surface area contributed by atoms with Crippen LogP contribution in [0.5, 0.6) is 5.75 Å². The minimum atomic E-state index is -0.403. The van der Waals surface area contributed by atoms with Crippen LogP contribution in [0, 0.1) is 5.82 Å². The van der Waals surface area contributed by atoms with Crippen molar-refractivity contribution in [2.75, 3.05) is 31.1 Å². The van der Waals surface area contributed by atoms with Gasteiger partial charge in [-0.05, 0) is 35.9 Å². The summed E-state index contributed by atoms with van der Waals surface area (Å²) in [5, 5.41) is 0. The number of fused-ring (bicyclic) bond motifs is 1. The molecule has 1 fully saturated rings. The number of nitrogens with zero attached hydrogens (tertiary/aromatic N) is 2. The van der Waals surface area contributed by atoms with E-state index in [1.807, 2.05) is 29.2 Å². The first kappa shape index (κ1) is 15.0. The van der Waals surface area contributed by atoms with E-state index in [9.17, 15) is 9.18 Å². The summed E-state index contributed by atoms with van der Waals surface area (Å²) >= 11 is 0. The number of carbonyl (C=O) groups excluding carboxylic acids is 1. The maximum atomic E-state index is 13.0. The zero-order valence-corrected chi connectivity index (χ0v) is 13.3. The molecule has 5 heteroatoms. The SMILES string of the molecule is O=C(C1Cc2ccccc2O1)N1CCN(c2ccc(F)cc2)CC1. The first-order valence-electron chi connectivity index (χ1n) is 8.24. The van der Waals surface area contributed by atoms with Gasteiger partial charge in [0.2, 0.25) is 0 Å². The predicted octanol–water partition coefficient (Wildman–Crippen LogP) is 2.48. The topological polar surface area (TPSA) is 32.8 Å². The van der Waals surface area contributed by atoms with Gasteiger partial charge in [0.15, 0.2) is 6.10 Å². The molecule has 1 atom stereocenters. The third-order valence-corrected chi connectivity index (χ3v) is 4.71. The predicted molar refractivity (Wildman–Crippen MR) is 89.8 cm³/mol. The summed E-state index contributed by atoms with van der Waals surface area (Å²) in [4.78, 5) is 16.7. The Morgan fingerprint density at radius 2 is 1.71 bits per heavy atom. The number of benzene rings is 2. The lowest BCUT2D eigenvalue weighted by Crippen LogP contribution is -2.52. The zero-order valence-electron chi connectivity index (χ0n) is 13.3. The van der Waals surface area contributed by atoms with Gasteiger partial charge in [0.05, 0.1) is 0 Å². The highest BCUT2D eigenvalue weighted by Gasteiger charge is 2.33. The number of anilines is 1. The second-order valence-electron chi connectivity index (χ2n) is 6.21. The normalized spacial score (nSPS) is 19.8. The molecule has 4 nitrogen and oxygen atoms in total. The smallest absolute Gasteiger partial charge is 0.264 e. The number of para-hydroxylation sites is 1. The average molecular weight is 326 g/mol. The summed E-state index contributed by atoms with van der Waals surface area (Å²) in [6.45, 7) is 2.81. The molecule has 2 aliphatic heterocycles. The summed E-state index contributed by atoms with van der Waals surface area (Å²) in [6, 6.07) is 14.3. The Kier molecular flexibility index (Phi) is 3.84. The van der Waals surface area contributed by atoms with E-state index in [0.717, 1.165) is 30.1 Å². The fourth-order valence-electron chi connectivity index (χ4n) is 3.36. The van der Waals surface area contributed by atoms with E-state index in [0.29, 0.717) is 19.5 Å². The number of rotatable bonds is 2. The highest BCUT2D eigenvalue weighted by molar-refractivity contribution is 5.83. The second kappa shape index (κ2) is 6.15. The lowest BCUT2D eigenvalue weighted by atomic mass is 10.1. The second-order valence-corrected chi connectivity index (χ2v) is 6.21. The van der Waals surface area contributed by atoms with Gasteiger partial charge in [0, 0.05) is 38.3 Å². The van der Waals surface area contributed by atoms with Crippen LogP contribution in [0.2, 0.25) is 0 Å². The van der Waals surface area contributed by atoms with Crippen molar-refractivity contribution in [3.8, 4) is 5.75 Å². The van der Waals surface area contributed by atoms with Gasteiger partial charge in [0.1, 0.15) is 11.6 Å². The summed E-state index contributed by atoms with van der Waals surface area (Å²) in [6.07, 6.45) is 0.243. The van der Waals surface area contributed by atoms with Gasteiger partial charge in [-0.2, -0.15) is 0 Å². The largest absolute Gasteiger partial charge is 0.480 e. The van der Waals surface area contributed by atoms with E-state index in [1.165, 1.54) is 12.1 Å². The van der Waals surface area contributed by atoms with Crippen LogP contribution in [0.3, 0.4) is 0 Å². The van der Waals surface area contributed by atoms with Gasteiger partial charge in [-0.1, -0.05) is 18.2 Å². The van der Waals surface area contributed by atoms with Crippen LogP contribution in [-0.2, 0) is 11.2 Å². The fourth-order valence-corrected chi connectivity index (χ4v) is 3.36. The Labute approximate surface area is 140 Å². The number of piperazine rings is 1. The van der Waals surface area contributed by atoms with Gasteiger partial charge in [-0.3, -0.25) is 4.79 Å². The van der Waals surface area contributed by atoms with E-state index in [4.69, 9.17) is 4.74 Å². The van der Waals surface area contributed by atoms with Crippen molar-refractivity contribution >= 4 is 11.6 Å². The summed E-state index contributed by atoms with van der Waals surface area (Å²) < 4.78 is 18.8. The number of hydrogen-bond acceptors (Lipinski definition) is 3. The molecular weight excluding hydrogens is 307 g/mol. The maximum Gasteiger partial charge on any atom is 0.264 e. The fraction of sp³-hybridized carbons (Fsp3) is 0.316. The monoisotopic (exact) mass is 326 g/mol. The zero-order chi connectivity index (χ0) is 16.5. The van der Waals surface area contributed by atoms with E-state index < -0.39 is 6.10 Å². The highest BCUT2D eigenvalue weighted by Crippen LogP contribution is 2.29. The molecule has 2 aromatic carbocycles. The number of amides is 1. The average Bonchev–Trinajstić information content (AvgIpc) is 3.06.